The normalized spacial score (nSPS) is 12.5. The molecule has 3 N–H and O–H groups in total. The molecule has 1 aromatic rings. The Balaban J connectivity index is 2.93. The molecule has 1 rings (SSSR count). The monoisotopic (exact) mass is 322 g/mol. The van der Waals surface area contributed by atoms with E-state index in [1.54, 1.807) is 12.3 Å². The van der Waals surface area contributed by atoms with Crippen LogP contribution in [-0.2, 0) is 4.79 Å². The minimum Gasteiger partial charge on any atom is -0.481 e. The van der Waals surface area contributed by atoms with Crippen molar-refractivity contribution in [3.05, 3.63) is 26.9 Å². The van der Waals surface area contributed by atoms with Crippen LogP contribution in [0.5, 0.6) is 0 Å². The maximum Gasteiger partial charge on any atom is 0.305 e. The number of aliphatic carboxylic acids is 1. The molecule has 76 valence electrons. The van der Waals surface area contributed by atoms with Gasteiger partial charge in [0.15, 0.2) is 0 Å². The third-order valence-electron chi connectivity index (χ3n) is 1.65. The molecule has 4 nitrogen and oxygen atoms in total. The zero-order chi connectivity index (χ0) is 10.7. The standard InChI is InChI=1S/C8H8Br2N2O2/c9-5-3-12-7(10)1-4(5)6(11)2-8(13)14/h1,3,6H,2,11H2,(H,13,14)/t6-/m1/s1. The van der Waals surface area contributed by atoms with Gasteiger partial charge >= 0.3 is 5.97 Å². The average molecular weight is 324 g/mol. The van der Waals surface area contributed by atoms with Gasteiger partial charge in [-0.2, -0.15) is 0 Å². The summed E-state index contributed by atoms with van der Waals surface area (Å²) in [6.07, 6.45) is 1.48. The highest BCUT2D eigenvalue weighted by atomic mass is 79.9. The minimum atomic E-state index is -0.919. The van der Waals surface area contributed by atoms with Crippen LogP contribution in [0.3, 0.4) is 0 Å². The van der Waals surface area contributed by atoms with Crippen LogP contribution in [0, 0.1) is 0 Å². The van der Waals surface area contributed by atoms with Crippen molar-refractivity contribution < 1.29 is 9.90 Å². The van der Waals surface area contributed by atoms with E-state index in [1.165, 1.54) is 0 Å². The smallest absolute Gasteiger partial charge is 0.305 e. The van der Waals surface area contributed by atoms with E-state index in [0.29, 0.717) is 4.60 Å². The second-order valence-electron chi connectivity index (χ2n) is 2.73. The molecule has 0 bridgehead atoms. The number of nitrogens with zero attached hydrogens (tertiary/aromatic N) is 1. The van der Waals surface area contributed by atoms with Gasteiger partial charge in [0.25, 0.3) is 0 Å². The van der Waals surface area contributed by atoms with Crippen molar-refractivity contribution >= 4 is 37.8 Å². The second-order valence-corrected chi connectivity index (χ2v) is 4.40. The Morgan fingerprint density at radius 3 is 2.86 bits per heavy atom. The first kappa shape index (κ1) is 11.6. The van der Waals surface area contributed by atoms with E-state index in [1.807, 2.05) is 0 Å². The molecule has 0 saturated carbocycles. The van der Waals surface area contributed by atoms with Gasteiger partial charge in [-0.3, -0.25) is 4.79 Å². The molecule has 0 spiro atoms. The molecule has 1 aromatic heterocycles. The van der Waals surface area contributed by atoms with E-state index in [-0.39, 0.29) is 6.42 Å². The first-order chi connectivity index (χ1) is 6.50. The maximum atomic E-state index is 10.5. The molecule has 0 aliphatic carbocycles. The van der Waals surface area contributed by atoms with Gasteiger partial charge in [0, 0.05) is 16.7 Å². The van der Waals surface area contributed by atoms with Crippen LogP contribution in [0.15, 0.2) is 21.3 Å². The third-order valence-corrected chi connectivity index (χ3v) is 2.74. The number of carbonyl (C=O) groups is 1. The van der Waals surface area contributed by atoms with Crippen LogP contribution >= 0.6 is 31.9 Å². The minimum absolute atomic E-state index is 0.102. The molecule has 0 aromatic carbocycles. The van der Waals surface area contributed by atoms with Crippen LogP contribution in [-0.4, -0.2) is 16.1 Å². The van der Waals surface area contributed by atoms with Gasteiger partial charge in [-0.1, -0.05) is 0 Å². The Labute approximate surface area is 97.8 Å². The Kier molecular flexibility index (Phi) is 4.03. The van der Waals surface area contributed by atoms with Crippen molar-refractivity contribution in [3.63, 3.8) is 0 Å². The van der Waals surface area contributed by atoms with Crippen molar-refractivity contribution in [2.75, 3.05) is 0 Å². The number of pyridine rings is 1. The molecule has 1 heterocycles. The van der Waals surface area contributed by atoms with E-state index in [9.17, 15) is 4.79 Å². The lowest BCUT2D eigenvalue weighted by Crippen LogP contribution is -2.15. The average Bonchev–Trinajstić information content (AvgIpc) is 2.08. The number of halogens is 2. The number of hydrogen-bond acceptors (Lipinski definition) is 3. The highest BCUT2D eigenvalue weighted by molar-refractivity contribution is 9.11. The molecule has 0 radical (unpaired) electrons. The molecule has 6 heteroatoms. The van der Waals surface area contributed by atoms with Crippen molar-refractivity contribution in [1.29, 1.82) is 0 Å². The summed E-state index contributed by atoms with van der Waals surface area (Å²) in [4.78, 5) is 14.4. The fraction of sp³-hybridized carbons (Fsp3) is 0.250. The zero-order valence-electron chi connectivity index (χ0n) is 7.08. The molecule has 1 atom stereocenters. The van der Waals surface area contributed by atoms with Crippen LogP contribution in [0.25, 0.3) is 0 Å². The Morgan fingerprint density at radius 2 is 2.29 bits per heavy atom. The first-order valence-corrected chi connectivity index (χ1v) is 5.37. The predicted molar refractivity (Wildman–Crippen MR) is 58.8 cm³/mol. The number of carboxylic acids is 1. The number of rotatable bonds is 3. The van der Waals surface area contributed by atoms with Gasteiger partial charge in [-0.15, -0.1) is 0 Å². The molecule has 0 amide bonds. The highest BCUT2D eigenvalue weighted by Crippen LogP contribution is 2.25. The van der Waals surface area contributed by atoms with Crippen molar-refractivity contribution in [2.45, 2.75) is 12.5 Å². The number of nitrogens with two attached hydrogens (primary N) is 1. The molecule has 0 aliphatic rings. The molecule has 0 saturated heterocycles. The van der Waals surface area contributed by atoms with E-state index < -0.39 is 12.0 Å². The lowest BCUT2D eigenvalue weighted by molar-refractivity contribution is -0.137. The van der Waals surface area contributed by atoms with Crippen molar-refractivity contribution in [3.8, 4) is 0 Å². The number of carboxylic acid groups (broad SMARTS) is 1. The van der Waals surface area contributed by atoms with Gasteiger partial charge in [-0.05, 0) is 43.5 Å². The van der Waals surface area contributed by atoms with E-state index in [4.69, 9.17) is 10.8 Å². The molecule has 14 heavy (non-hydrogen) atoms. The largest absolute Gasteiger partial charge is 0.481 e. The summed E-state index contributed by atoms with van der Waals surface area (Å²) in [5.74, 6) is -0.919. The summed E-state index contributed by atoms with van der Waals surface area (Å²) in [5.41, 5.74) is 6.44. The SMILES string of the molecule is N[C@H](CC(=O)O)c1cc(Br)ncc1Br. The summed E-state index contributed by atoms with van der Waals surface area (Å²) < 4.78 is 1.35. The summed E-state index contributed by atoms with van der Waals surface area (Å²) in [6.45, 7) is 0. The predicted octanol–water partition coefficient (Wildman–Crippen LogP) is 2.08. The fourth-order valence-electron chi connectivity index (χ4n) is 1.01. The maximum absolute atomic E-state index is 10.5. The topological polar surface area (TPSA) is 76.2 Å². The van der Waals surface area contributed by atoms with Crippen LogP contribution < -0.4 is 5.73 Å². The Morgan fingerprint density at radius 1 is 1.64 bits per heavy atom. The van der Waals surface area contributed by atoms with Crippen LogP contribution in [0.2, 0.25) is 0 Å². The van der Waals surface area contributed by atoms with E-state index in [0.717, 1.165) is 10.0 Å². The summed E-state index contributed by atoms with van der Waals surface area (Å²) in [6, 6.07) is 1.18. The summed E-state index contributed by atoms with van der Waals surface area (Å²) in [7, 11) is 0. The Bertz CT molecular complexity index is 357. The quantitative estimate of drug-likeness (QED) is 0.835. The number of aromatic nitrogens is 1. The lowest BCUT2D eigenvalue weighted by Gasteiger charge is -2.11. The van der Waals surface area contributed by atoms with E-state index >= 15 is 0 Å². The molecule has 0 aliphatic heterocycles. The highest BCUT2D eigenvalue weighted by Gasteiger charge is 2.14. The summed E-state index contributed by atoms with van der Waals surface area (Å²) >= 11 is 6.46. The molecular formula is C8H8Br2N2O2. The summed E-state index contributed by atoms with van der Waals surface area (Å²) in [5, 5.41) is 8.58. The molecule has 0 fully saturated rings. The van der Waals surface area contributed by atoms with Gasteiger partial charge in [0.2, 0.25) is 0 Å². The van der Waals surface area contributed by atoms with Gasteiger partial charge in [0.1, 0.15) is 4.60 Å². The fourth-order valence-corrected chi connectivity index (χ4v) is 1.87. The van der Waals surface area contributed by atoms with Gasteiger partial charge in [-0.25, -0.2) is 4.98 Å². The van der Waals surface area contributed by atoms with Crippen molar-refractivity contribution in [2.24, 2.45) is 5.73 Å². The molecule has 0 unspecified atom stereocenters. The molecular weight excluding hydrogens is 316 g/mol. The first-order valence-electron chi connectivity index (χ1n) is 3.79. The van der Waals surface area contributed by atoms with Crippen LogP contribution in [0.4, 0.5) is 0 Å². The van der Waals surface area contributed by atoms with Gasteiger partial charge < -0.3 is 10.8 Å². The van der Waals surface area contributed by atoms with Crippen molar-refractivity contribution in [1.82, 2.24) is 4.98 Å². The second kappa shape index (κ2) is 4.86. The number of hydrogen-bond donors (Lipinski definition) is 2. The van der Waals surface area contributed by atoms with Gasteiger partial charge in [0.05, 0.1) is 6.42 Å². The lowest BCUT2D eigenvalue weighted by atomic mass is 10.1. The third kappa shape index (κ3) is 3.04. The zero-order valence-corrected chi connectivity index (χ0v) is 10.2. The van der Waals surface area contributed by atoms with E-state index in [2.05, 4.69) is 36.8 Å². The Hall–Kier alpha value is -0.460. The van der Waals surface area contributed by atoms with Crippen LogP contribution in [0.1, 0.15) is 18.0 Å².